The van der Waals surface area contributed by atoms with Crippen molar-refractivity contribution in [3.05, 3.63) is 40.0 Å². The molecule has 0 N–H and O–H groups in total. The maximum Gasteiger partial charge on any atom is 0.416 e. The van der Waals surface area contributed by atoms with Gasteiger partial charge in [0, 0.05) is 16.4 Å². The first-order chi connectivity index (χ1) is 9.09. The third kappa shape index (κ3) is 3.00. The summed E-state index contributed by atoms with van der Waals surface area (Å²) in [7, 11) is 0. The molecule has 108 valence electrons. The van der Waals surface area contributed by atoms with Crippen LogP contribution in [0.4, 0.5) is 17.6 Å². The maximum absolute atomic E-state index is 13.8. The summed E-state index contributed by atoms with van der Waals surface area (Å²) in [6, 6.07) is 2.50. The summed E-state index contributed by atoms with van der Waals surface area (Å²) in [5, 5.41) is 2.47. The molecule has 1 aromatic heterocycles. The van der Waals surface area contributed by atoms with Gasteiger partial charge in [0.05, 0.1) is 16.3 Å². The van der Waals surface area contributed by atoms with Crippen molar-refractivity contribution < 1.29 is 17.6 Å². The lowest BCUT2D eigenvalue weighted by Gasteiger charge is -2.13. The molecule has 1 heterocycles. The third-order valence-electron chi connectivity index (χ3n) is 2.72. The first-order valence-electron chi connectivity index (χ1n) is 5.92. The van der Waals surface area contributed by atoms with Gasteiger partial charge < -0.3 is 0 Å². The third-order valence-corrected chi connectivity index (χ3v) is 3.99. The van der Waals surface area contributed by atoms with Crippen LogP contribution >= 0.6 is 11.3 Å². The minimum Gasteiger partial charge on any atom is -0.241 e. The number of benzene rings is 1. The summed E-state index contributed by atoms with van der Waals surface area (Å²) in [6.45, 7) is 5.91. The van der Waals surface area contributed by atoms with Crippen LogP contribution in [0.5, 0.6) is 0 Å². The zero-order chi connectivity index (χ0) is 15.1. The van der Waals surface area contributed by atoms with Crippen LogP contribution in [-0.2, 0) is 11.6 Å². The quantitative estimate of drug-likeness (QED) is 0.654. The van der Waals surface area contributed by atoms with Gasteiger partial charge in [0.1, 0.15) is 5.82 Å². The Bertz CT molecular complexity index is 623. The average molecular weight is 303 g/mol. The van der Waals surface area contributed by atoms with Gasteiger partial charge in [-0.1, -0.05) is 20.8 Å². The zero-order valence-electron chi connectivity index (χ0n) is 11.2. The summed E-state index contributed by atoms with van der Waals surface area (Å²) in [4.78, 5) is 4.30. The first kappa shape index (κ1) is 15.0. The molecule has 0 atom stereocenters. The van der Waals surface area contributed by atoms with Crippen LogP contribution in [0.3, 0.4) is 0 Å². The number of nitrogens with zero attached hydrogens (tertiary/aromatic N) is 1. The van der Waals surface area contributed by atoms with Crippen molar-refractivity contribution in [1.29, 1.82) is 0 Å². The fourth-order valence-electron chi connectivity index (χ4n) is 1.64. The molecule has 0 aliphatic heterocycles. The standard InChI is InChI=1S/C14H13F4NS/c1-13(2,3)12-19-11(7-20-12)9-5-4-8(6-10(9)15)14(16,17)18/h4-7H,1-3H3. The Morgan fingerprint density at radius 2 is 1.75 bits per heavy atom. The van der Waals surface area contributed by atoms with E-state index >= 15 is 0 Å². The monoisotopic (exact) mass is 303 g/mol. The van der Waals surface area contributed by atoms with Crippen molar-refractivity contribution in [2.75, 3.05) is 0 Å². The molecule has 1 aromatic carbocycles. The Morgan fingerprint density at radius 1 is 1.10 bits per heavy atom. The second-order valence-electron chi connectivity index (χ2n) is 5.48. The number of alkyl halides is 3. The van der Waals surface area contributed by atoms with Crippen LogP contribution < -0.4 is 0 Å². The Balaban J connectivity index is 2.42. The molecule has 20 heavy (non-hydrogen) atoms. The zero-order valence-corrected chi connectivity index (χ0v) is 12.0. The molecule has 0 aliphatic carbocycles. The smallest absolute Gasteiger partial charge is 0.241 e. The molecule has 0 saturated carbocycles. The number of aromatic nitrogens is 1. The van der Waals surface area contributed by atoms with Gasteiger partial charge in [-0.2, -0.15) is 13.2 Å². The van der Waals surface area contributed by atoms with Crippen LogP contribution in [0, 0.1) is 5.82 Å². The highest BCUT2D eigenvalue weighted by molar-refractivity contribution is 7.10. The van der Waals surface area contributed by atoms with E-state index in [9.17, 15) is 17.6 Å². The van der Waals surface area contributed by atoms with Gasteiger partial charge in [-0.15, -0.1) is 11.3 Å². The summed E-state index contributed by atoms with van der Waals surface area (Å²) < 4.78 is 51.3. The molecular weight excluding hydrogens is 290 g/mol. The van der Waals surface area contributed by atoms with Crippen LogP contribution in [-0.4, -0.2) is 4.98 Å². The van der Waals surface area contributed by atoms with E-state index in [1.54, 1.807) is 5.38 Å². The van der Waals surface area contributed by atoms with E-state index in [-0.39, 0.29) is 11.0 Å². The van der Waals surface area contributed by atoms with Gasteiger partial charge in [0.25, 0.3) is 0 Å². The molecule has 2 aromatic rings. The first-order valence-corrected chi connectivity index (χ1v) is 6.80. The Kier molecular flexibility index (Phi) is 3.62. The second kappa shape index (κ2) is 4.84. The Hall–Kier alpha value is -1.43. The fourth-order valence-corrected chi connectivity index (χ4v) is 2.55. The largest absolute Gasteiger partial charge is 0.416 e. The van der Waals surface area contributed by atoms with E-state index < -0.39 is 17.6 Å². The molecule has 0 radical (unpaired) electrons. The van der Waals surface area contributed by atoms with E-state index in [2.05, 4.69) is 4.98 Å². The van der Waals surface area contributed by atoms with E-state index in [0.717, 1.165) is 17.1 Å². The summed E-state index contributed by atoms with van der Waals surface area (Å²) >= 11 is 1.37. The lowest BCUT2D eigenvalue weighted by Crippen LogP contribution is -2.10. The van der Waals surface area contributed by atoms with Gasteiger partial charge in [-0.3, -0.25) is 0 Å². The van der Waals surface area contributed by atoms with E-state index in [4.69, 9.17) is 0 Å². The normalized spacial score (nSPS) is 12.8. The van der Waals surface area contributed by atoms with Crippen LogP contribution in [0.1, 0.15) is 31.3 Å². The predicted octanol–water partition coefficient (Wildman–Crippen LogP) is 5.27. The van der Waals surface area contributed by atoms with Crippen molar-refractivity contribution in [2.45, 2.75) is 32.4 Å². The molecular formula is C14H13F4NS. The van der Waals surface area contributed by atoms with Crippen molar-refractivity contribution in [2.24, 2.45) is 0 Å². The lowest BCUT2D eigenvalue weighted by atomic mass is 9.98. The molecule has 0 amide bonds. The molecule has 6 heteroatoms. The van der Waals surface area contributed by atoms with Crippen LogP contribution in [0.25, 0.3) is 11.3 Å². The minimum atomic E-state index is -4.54. The highest BCUT2D eigenvalue weighted by Gasteiger charge is 2.31. The fraction of sp³-hybridized carbons (Fsp3) is 0.357. The molecule has 1 nitrogen and oxygen atoms in total. The van der Waals surface area contributed by atoms with Gasteiger partial charge >= 0.3 is 6.18 Å². The SMILES string of the molecule is CC(C)(C)c1nc(-c2ccc(C(F)(F)F)cc2F)cs1. The highest BCUT2D eigenvalue weighted by atomic mass is 32.1. The van der Waals surface area contributed by atoms with Crippen LogP contribution in [0.2, 0.25) is 0 Å². The predicted molar refractivity (Wildman–Crippen MR) is 71.2 cm³/mol. The van der Waals surface area contributed by atoms with E-state index in [1.165, 1.54) is 11.3 Å². The molecule has 0 bridgehead atoms. The molecule has 0 aliphatic rings. The van der Waals surface area contributed by atoms with E-state index in [1.807, 2.05) is 20.8 Å². The van der Waals surface area contributed by atoms with Gasteiger partial charge in [-0.05, 0) is 18.2 Å². The van der Waals surface area contributed by atoms with Crippen molar-refractivity contribution >= 4 is 11.3 Å². The number of hydrogen-bond acceptors (Lipinski definition) is 2. The van der Waals surface area contributed by atoms with Gasteiger partial charge in [-0.25, -0.2) is 9.37 Å². The van der Waals surface area contributed by atoms with Gasteiger partial charge in [0.2, 0.25) is 0 Å². The van der Waals surface area contributed by atoms with Crippen LogP contribution in [0.15, 0.2) is 23.6 Å². The van der Waals surface area contributed by atoms with Crippen molar-refractivity contribution in [3.63, 3.8) is 0 Å². The Labute approximate surface area is 118 Å². The number of hydrogen-bond donors (Lipinski definition) is 0. The summed E-state index contributed by atoms with van der Waals surface area (Å²) in [6.07, 6.45) is -4.54. The number of halogens is 4. The topological polar surface area (TPSA) is 12.9 Å². The average Bonchev–Trinajstić information content (AvgIpc) is 2.76. The molecule has 0 saturated heterocycles. The summed E-state index contributed by atoms with van der Waals surface area (Å²) in [5.41, 5.74) is -0.716. The number of thiazole rings is 1. The maximum atomic E-state index is 13.8. The highest BCUT2D eigenvalue weighted by Crippen LogP contribution is 2.34. The second-order valence-corrected chi connectivity index (χ2v) is 6.34. The minimum absolute atomic E-state index is 0.0877. The van der Waals surface area contributed by atoms with Crippen molar-refractivity contribution in [3.8, 4) is 11.3 Å². The van der Waals surface area contributed by atoms with Gasteiger partial charge in [0.15, 0.2) is 0 Å². The number of rotatable bonds is 1. The van der Waals surface area contributed by atoms with E-state index in [0.29, 0.717) is 11.8 Å². The molecule has 0 unspecified atom stereocenters. The van der Waals surface area contributed by atoms with Crippen molar-refractivity contribution in [1.82, 2.24) is 4.98 Å². The molecule has 0 fully saturated rings. The lowest BCUT2D eigenvalue weighted by molar-refractivity contribution is -0.137. The Morgan fingerprint density at radius 3 is 2.20 bits per heavy atom. The molecule has 2 rings (SSSR count). The summed E-state index contributed by atoms with van der Waals surface area (Å²) in [5.74, 6) is -0.911. The molecule has 0 spiro atoms.